The molecule has 0 amide bonds. The lowest BCUT2D eigenvalue weighted by molar-refractivity contribution is -0.695. The Hall–Kier alpha value is -3.26. The van der Waals surface area contributed by atoms with E-state index in [2.05, 4.69) is 76.3 Å². The molecule has 1 saturated carbocycles. The molecule has 6 nitrogen and oxygen atoms in total. The van der Waals surface area contributed by atoms with E-state index in [1.807, 2.05) is 36.5 Å². The highest BCUT2D eigenvalue weighted by molar-refractivity contribution is 6.31. The molecule has 3 N–H and O–H groups in total. The topological polar surface area (TPSA) is 69.2 Å². The van der Waals surface area contributed by atoms with Gasteiger partial charge in [-0.2, -0.15) is 4.89 Å². The number of ether oxygens (including phenoxy) is 1. The SMILES string of the molecule is Clc1ccc2c(NCCC[NH2+]C3CCC4(CC3)OOC3(c5ccccc5)CC(c5ccccc5)=CC3O4)ccnc2c1. The van der Waals surface area contributed by atoms with Crippen LogP contribution in [0.3, 0.4) is 0 Å². The van der Waals surface area contributed by atoms with Gasteiger partial charge in [0.25, 0.3) is 0 Å². The van der Waals surface area contributed by atoms with Crippen molar-refractivity contribution in [3.05, 3.63) is 113 Å². The van der Waals surface area contributed by atoms with E-state index in [-0.39, 0.29) is 6.10 Å². The van der Waals surface area contributed by atoms with Crippen molar-refractivity contribution in [1.29, 1.82) is 0 Å². The lowest BCUT2D eigenvalue weighted by atomic mass is 9.85. The molecular weight excluding hydrogens is 546 g/mol. The van der Waals surface area contributed by atoms with Crippen LogP contribution in [0.25, 0.3) is 16.5 Å². The minimum absolute atomic E-state index is 0.198. The Kier molecular flexibility index (Phi) is 7.74. The number of nitrogens with zero attached hydrogens (tertiary/aromatic N) is 1. The van der Waals surface area contributed by atoms with Gasteiger partial charge in [0.2, 0.25) is 5.79 Å². The summed E-state index contributed by atoms with van der Waals surface area (Å²) < 4.78 is 6.87. The second-order valence-corrected chi connectivity index (χ2v) is 12.2. The second-order valence-electron chi connectivity index (χ2n) is 11.8. The molecule has 3 aromatic carbocycles. The third kappa shape index (κ3) is 5.46. The molecule has 3 aliphatic rings. The van der Waals surface area contributed by atoms with Crippen LogP contribution < -0.4 is 10.6 Å². The highest BCUT2D eigenvalue weighted by Crippen LogP contribution is 2.53. The maximum absolute atomic E-state index is 6.87. The molecule has 216 valence electrons. The van der Waals surface area contributed by atoms with Gasteiger partial charge in [0, 0.05) is 67.4 Å². The van der Waals surface area contributed by atoms with E-state index in [9.17, 15) is 0 Å². The van der Waals surface area contributed by atoms with E-state index >= 15 is 0 Å². The molecule has 2 fully saturated rings. The van der Waals surface area contributed by atoms with Gasteiger partial charge in [0.1, 0.15) is 6.10 Å². The van der Waals surface area contributed by atoms with E-state index in [4.69, 9.17) is 26.1 Å². The van der Waals surface area contributed by atoms with E-state index in [1.165, 1.54) is 11.1 Å². The Morgan fingerprint density at radius 1 is 0.929 bits per heavy atom. The van der Waals surface area contributed by atoms with Gasteiger partial charge in [0.05, 0.1) is 18.1 Å². The van der Waals surface area contributed by atoms with Gasteiger partial charge in [-0.15, -0.1) is 0 Å². The molecule has 1 saturated heterocycles. The van der Waals surface area contributed by atoms with Gasteiger partial charge >= 0.3 is 0 Å². The third-order valence-corrected chi connectivity index (χ3v) is 9.28. The Morgan fingerprint density at radius 3 is 2.52 bits per heavy atom. The summed E-state index contributed by atoms with van der Waals surface area (Å²) >= 11 is 6.13. The number of fused-ring (bicyclic) bond motifs is 2. The number of rotatable bonds is 8. The molecule has 42 heavy (non-hydrogen) atoms. The van der Waals surface area contributed by atoms with Crippen LogP contribution in [0.4, 0.5) is 5.69 Å². The lowest BCUT2D eigenvalue weighted by Gasteiger charge is -2.49. The quantitative estimate of drug-likeness (QED) is 0.180. The first-order valence-electron chi connectivity index (χ1n) is 15.1. The molecule has 0 bridgehead atoms. The average molecular weight is 583 g/mol. The average Bonchev–Trinajstić information content (AvgIpc) is 3.42. The monoisotopic (exact) mass is 582 g/mol. The first-order valence-corrected chi connectivity index (χ1v) is 15.5. The van der Waals surface area contributed by atoms with Crippen molar-refractivity contribution in [2.75, 3.05) is 18.4 Å². The highest BCUT2D eigenvalue weighted by atomic mass is 35.5. The number of hydrogen-bond donors (Lipinski definition) is 2. The molecule has 7 rings (SSSR count). The predicted octanol–water partition coefficient (Wildman–Crippen LogP) is 6.62. The third-order valence-electron chi connectivity index (χ3n) is 9.05. The first kappa shape index (κ1) is 27.6. The van der Waals surface area contributed by atoms with Crippen LogP contribution in [0.1, 0.15) is 49.7 Å². The van der Waals surface area contributed by atoms with Crippen LogP contribution in [0.15, 0.2) is 97.2 Å². The van der Waals surface area contributed by atoms with Gasteiger partial charge < -0.3 is 15.4 Å². The van der Waals surface area contributed by atoms with Crippen LogP contribution in [-0.2, 0) is 20.1 Å². The van der Waals surface area contributed by atoms with Gasteiger partial charge in [-0.05, 0) is 47.0 Å². The fraction of sp³-hybridized carbons (Fsp3) is 0.343. The molecule has 2 atom stereocenters. The summed E-state index contributed by atoms with van der Waals surface area (Å²) in [6, 6.07) is 29.4. The Labute approximate surface area is 252 Å². The predicted molar refractivity (Wildman–Crippen MR) is 166 cm³/mol. The fourth-order valence-corrected chi connectivity index (χ4v) is 6.89. The maximum Gasteiger partial charge on any atom is 0.202 e. The van der Waals surface area contributed by atoms with Crippen molar-refractivity contribution in [3.63, 3.8) is 0 Å². The lowest BCUT2D eigenvalue weighted by Crippen LogP contribution is -2.90. The van der Waals surface area contributed by atoms with Crippen molar-refractivity contribution in [2.45, 2.75) is 62.1 Å². The zero-order valence-electron chi connectivity index (χ0n) is 23.7. The summed E-state index contributed by atoms with van der Waals surface area (Å²) in [5, 5.41) is 7.87. The number of nitrogens with one attached hydrogen (secondary N) is 1. The number of aromatic nitrogens is 1. The highest BCUT2D eigenvalue weighted by Gasteiger charge is 2.57. The van der Waals surface area contributed by atoms with Crippen LogP contribution in [-0.4, -0.2) is 36.0 Å². The smallest absolute Gasteiger partial charge is 0.202 e. The Bertz CT molecular complexity index is 1560. The normalized spacial score (nSPS) is 27.1. The van der Waals surface area contributed by atoms with Crippen molar-refractivity contribution < 1.29 is 19.8 Å². The summed E-state index contributed by atoms with van der Waals surface area (Å²) in [7, 11) is 0. The number of anilines is 1. The summed E-state index contributed by atoms with van der Waals surface area (Å²) in [5.41, 5.74) is 4.89. The number of pyridine rings is 1. The van der Waals surface area contributed by atoms with E-state index in [0.717, 1.165) is 73.8 Å². The summed E-state index contributed by atoms with van der Waals surface area (Å²) in [5.74, 6) is -0.692. The van der Waals surface area contributed by atoms with Crippen molar-refractivity contribution in [3.8, 4) is 0 Å². The van der Waals surface area contributed by atoms with Gasteiger partial charge in [-0.1, -0.05) is 72.3 Å². The van der Waals surface area contributed by atoms with Gasteiger partial charge in [-0.3, -0.25) is 4.98 Å². The maximum atomic E-state index is 6.87. The molecule has 1 aromatic heterocycles. The largest absolute Gasteiger partial charge is 0.384 e. The van der Waals surface area contributed by atoms with Gasteiger partial charge in [0.15, 0.2) is 5.60 Å². The van der Waals surface area contributed by atoms with E-state index < -0.39 is 11.4 Å². The van der Waals surface area contributed by atoms with Crippen LogP contribution in [0.5, 0.6) is 0 Å². The second kappa shape index (κ2) is 11.8. The molecule has 1 aliphatic heterocycles. The molecular formula is C35H37ClN3O3+. The van der Waals surface area contributed by atoms with Crippen LogP contribution in [0.2, 0.25) is 5.02 Å². The Morgan fingerprint density at radius 2 is 1.71 bits per heavy atom. The van der Waals surface area contributed by atoms with Crippen molar-refractivity contribution in [2.24, 2.45) is 0 Å². The molecule has 2 aliphatic carbocycles. The van der Waals surface area contributed by atoms with E-state index in [1.54, 1.807) is 0 Å². The van der Waals surface area contributed by atoms with Crippen LogP contribution >= 0.6 is 11.6 Å². The summed E-state index contributed by atoms with van der Waals surface area (Å²) in [6.07, 6.45) is 9.41. The minimum atomic E-state index is -0.692. The zero-order valence-corrected chi connectivity index (χ0v) is 24.4. The van der Waals surface area contributed by atoms with Gasteiger partial charge in [-0.25, -0.2) is 4.89 Å². The summed E-state index contributed by atoms with van der Waals surface area (Å²) in [6.45, 7) is 1.98. The van der Waals surface area contributed by atoms with E-state index in [0.29, 0.717) is 11.1 Å². The number of hydrogen-bond acceptors (Lipinski definition) is 5. The molecule has 0 radical (unpaired) electrons. The first-order chi connectivity index (χ1) is 20.6. The Balaban J connectivity index is 0.942. The number of nitrogens with two attached hydrogens (primary N) is 1. The number of benzene rings is 3. The molecule has 2 unspecified atom stereocenters. The van der Waals surface area contributed by atoms with Crippen molar-refractivity contribution in [1.82, 2.24) is 4.98 Å². The molecule has 2 heterocycles. The fourth-order valence-electron chi connectivity index (χ4n) is 6.72. The molecule has 7 heteroatoms. The summed E-state index contributed by atoms with van der Waals surface area (Å²) in [4.78, 5) is 17.1. The van der Waals surface area contributed by atoms with Crippen molar-refractivity contribution >= 4 is 33.8 Å². The molecule has 4 aromatic rings. The van der Waals surface area contributed by atoms with Crippen LogP contribution in [0, 0.1) is 0 Å². The minimum Gasteiger partial charge on any atom is -0.384 e. The number of halogens is 1. The molecule has 1 spiro atoms. The zero-order chi connectivity index (χ0) is 28.4. The number of quaternary nitrogens is 1. The standard InChI is InChI=1S/C35H36ClN3O3/c36-28-12-13-30-31(16-21-39-32(30)23-28)38-20-7-19-37-29-14-17-34(18-15-29)40-33-22-26(25-8-3-1-4-9-25)24-35(33,42-41-34)27-10-5-2-6-11-27/h1-6,8-13,16,21-23,29,33,37H,7,14-15,17-20,24H2,(H,38,39)/p+1.